The summed E-state index contributed by atoms with van der Waals surface area (Å²) in [6, 6.07) is 9.66. The monoisotopic (exact) mass is 337 g/mol. The van der Waals surface area contributed by atoms with Crippen molar-refractivity contribution in [3.05, 3.63) is 51.9 Å². The highest BCUT2D eigenvalue weighted by Gasteiger charge is 2.17. The SMILES string of the molecule is Cc1ccc(-c2nc3nc(CN4CCC(C)CC4)cc(=O)n3[nH]2)cc1. The van der Waals surface area contributed by atoms with E-state index in [0.29, 0.717) is 18.1 Å². The molecular weight excluding hydrogens is 314 g/mol. The molecule has 4 rings (SSSR count). The molecule has 1 saturated heterocycles. The first-order valence-electron chi connectivity index (χ1n) is 8.86. The number of likely N-dealkylation sites (tertiary alicyclic amines) is 1. The Morgan fingerprint density at radius 1 is 1.16 bits per heavy atom. The second-order valence-corrected chi connectivity index (χ2v) is 7.12. The molecule has 0 spiro atoms. The number of benzene rings is 1. The van der Waals surface area contributed by atoms with Gasteiger partial charge in [-0.25, -0.2) is 4.98 Å². The van der Waals surface area contributed by atoms with Gasteiger partial charge < -0.3 is 0 Å². The highest BCUT2D eigenvalue weighted by atomic mass is 16.1. The molecule has 0 saturated carbocycles. The summed E-state index contributed by atoms with van der Waals surface area (Å²) in [4.78, 5) is 23.9. The van der Waals surface area contributed by atoms with Crippen LogP contribution in [0, 0.1) is 12.8 Å². The molecule has 130 valence electrons. The Labute approximate surface area is 146 Å². The maximum Gasteiger partial charge on any atom is 0.274 e. The Bertz CT molecular complexity index is 933. The van der Waals surface area contributed by atoms with Crippen LogP contribution in [0.5, 0.6) is 0 Å². The second kappa shape index (κ2) is 6.44. The minimum absolute atomic E-state index is 0.115. The van der Waals surface area contributed by atoms with Gasteiger partial charge in [-0.05, 0) is 38.8 Å². The normalized spacial score (nSPS) is 16.6. The second-order valence-electron chi connectivity index (χ2n) is 7.12. The lowest BCUT2D eigenvalue weighted by molar-refractivity contribution is 0.183. The molecule has 1 aromatic carbocycles. The quantitative estimate of drug-likeness (QED) is 0.798. The zero-order valence-corrected chi connectivity index (χ0v) is 14.7. The van der Waals surface area contributed by atoms with Gasteiger partial charge in [0.15, 0.2) is 5.82 Å². The molecule has 0 unspecified atom stereocenters. The molecule has 1 fully saturated rings. The van der Waals surface area contributed by atoms with Crippen LogP contribution < -0.4 is 5.56 Å². The zero-order valence-electron chi connectivity index (χ0n) is 14.7. The fourth-order valence-corrected chi connectivity index (χ4v) is 3.30. The predicted octanol–water partition coefficient (Wildman–Crippen LogP) is 2.62. The fourth-order valence-electron chi connectivity index (χ4n) is 3.30. The fraction of sp³-hybridized carbons (Fsp3) is 0.421. The number of aryl methyl sites for hydroxylation is 1. The molecule has 25 heavy (non-hydrogen) atoms. The molecule has 1 aliphatic heterocycles. The van der Waals surface area contributed by atoms with Gasteiger partial charge in [0.05, 0.1) is 5.69 Å². The minimum Gasteiger partial charge on any atom is -0.297 e. The number of fused-ring (bicyclic) bond motifs is 1. The van der Waals surface area contributed by atoms with E-state index in [-0.39, 0.29) is 5.56 Å². The highest BCUT2D eigenvalue weighted by Crippen LogP contribution is 2.18. The Balaban J connectivity index is 1.63. The molecule has 1 aliphatic rings. The Hall–Kier alpha value is -2.47. The van der Waals surface area contributed by atoms with Crippen molar-refractivity contribution in [2.45, 2.75) is 33.2 Å². The first-order valence-corrected chi connectivity index (χ1v) is 8.86. The van der Waals surface area contributed by atoms with Gasteiger partial charge in [-0.3, -0.25) is 14.8 Å². The van der Waals surface area contributed by atoms with Crippen molar-refractivity contribution in [2.75, 3.05) is 13.1 Å². The standard InChI is InChI=1S/C19H23N5O/c1-13-3-5-15(6-4-13)18-21-19-20-16(11-17(25)24(19)22-18)12-23-9-7-14(2)8-10-23/h3-6,11,14H,7-10,12H2,1-2H3,(H,20,21,22). The predicted molar refractivity (Wildman–Crippen MR) is 97.5 cm³/mol. The lowest BCUT2D eigenvalue weighted by Gasteiger charge is -2.29. The Kier molecular flexibility index (Phi) is 4.13. The Morgan fingerprint density at radius 2 is 1.88 bits per heavy atom. The van der Waals surface area contributed by atoms with E-state index in [1.54, 1.807) is 6.07 Å². The number of aromatic nitrogens is 4. The van der Waals surface area contributed by atoms with E-state index >= 15 is 0 Å². The van der Waals surface area contributed by atoms with E-state index in [2.05, 4.69) is 26.9 Å². The van der Waals surface area contributed by atoms with Gasteiger partial charge in [0, 0.05) is 18.2 Å². The van der Waals surface area contributed by atoms with Crippen LogP contribution in [0.2, 0.25) is 0 Å². The molecule has 0 radical (unpaired) electrons. The van der Waals surface area contributed by atoms with Crippen molar-refractivity contribution in [3.8, 4) is 11.4 Å². The maximum atomic E-state index is 12.4. The molecule has 0 bridgehead atoms. The summed E-state index contributed by atoms with van der Waals surface area (Å²) < 4.78 is 1.41. The molecule has 6 nitrogen and oxygen atoms in total. The van der Waals surface area contributed by atoms with Crippen LogP contribution in [0.15, 0.2) is 35.1 Å². The van der Waals surface area contributed by atoms with Crippen molar-refractivity contribution in [2.24, 2.45) is 5.92 Å². The first-order chi connectivity index (χ1) is 12.1. The van der Waals surface area contributed by atoms with Crippen molar-refractivity contribution in [3.63, 3.8) is 0 Å². The molecule has 6 heteroatoms. The number of nitrogens with zero attached hydrogens (tertiary/aromatic N) is 4. The molecule has 0 atom stereocenters. The molecule has 0 aliphatic carbocycles. The van der Waals surface area contributed by atoms with Gasteiger partial charge in [0.2, 0.25) is 0 Å². The van der Waals surface area contributed by atoms with E-state index in [4.69, 9.17) is 0 Å². The van der Waals surface area contributed by atoms with Gasteiger partial charge in [0.25, 0.3) is 11.3 Å². The van der Waals surface area contributed by atoms with Crippen LogP contribution in [-0.2, 0) is 6.54 Å². The minimum atomic E-state index is -0.115. The van der Waals surface area contributed by atoms with E-state index < -0.39 is 0 Å². The number of hydrogen-bond acceptors (Lipinski definition) is 4. The van der Waals surface area contributed by atoms with Crippen molar-refractivity contribution >= 4 is 5.78 Å². The van der Waals surface area contributed by atoms with Gasteiger partial charge in [-0.15, -0.1) is 0 Å². The highest BCUT2D eigenvalue weighted by molar-refractivity contribution is 5.57. The van der Waals surface area contributed by atoms with Crippen LogP contribution in [0.25, 0.3) is 17.2 Å². The van der Waals surface area contributed by atoms with Crippen LogP contribution in [0.3, 0.4) is 0 Å². The third-order valence-electron chi connectivity index (χ3n) is 4.97. The average Bonchev–Trinajstić information content (AvgIpc) is 3.02. The summed E-state index contributed by atoms with van der Waals surface area (Å²) in [6.45, 7) is 7.19. The van der Waals surface area contributed by atoms with E-state index in [0.717, 1.165) is 30.3 Å². The van der Waals surface area contributed by atoms with Crippen LogP contribution in [0.4, 0.5) is 0 Å². The van der Waals surface area contributed by atoms with Crippen molar-refractivity contribution in [1.29, 1.82) is 0 Å². The third kappa shape index (κ3) is 3.35. The summed E-state index contributed by atoms with van der Waals surface area (Å²) in [7, 11) is 0. The summed E-state index contributed by atoms with van der Waals surface area (Å²) >= 11 is 0. The number of nitrogens with one attached hydrogen (secondary N) is 1. The van der Waals surface area contributed by atoms with Crippen molar-refractivity contribution < 1.29 is 0 Å². The van der Waals surface area contributed by atoms with E-state index in [1.807, 2.05) is 31.2 Å². The molecule has 2 aromatic heterocycles. The summed E-state index contributed by atoms with van der Waals surface area (Å²) in [5, 5.41) is 3.05. The summed E-state index contributed by atoms with van der Waals surface area (Å²) in [5.74, 6) is 1.89. The topological polar surface area (TPSA) is 66.3 Å². The third-order valence-corrected chi connectivity index (χ3v) is 4.97. The summed E-state index contributed by atoms with van der Waals surface area (Å²) in [5.41, 5.74) is 2.81. The average molecular weight is 337 g/mol. The van der Waals surface area contributed by atoms with Gasteiger partial charge in [-0.1, -0.05) is 36.8 Å². The zero-order chi connectivity index (χ0) is 17.4. The van der Waals surface area contributed by atoms with Gasteiger partial charge in [-0.2, -0.15) is 9.50 Å². The smallest absolute Gasteiger partial charge is 0.274 e. The molecule has 0 amide bonds. The number of piperidine rings is 1. The van der Waals surface area contributed by atoms with Crippen LogP contribution in [0.1, 0.15) is 31.0 Å². The Morgan fingerprint density at radius 3 is 2.60 bits per heavy atom. The number of rotatable bonds is 3. The largest absolute Gasteiger partial charge is 0.297 e. The van der Waals surface area contributed by atoms with Crippen molar-refractivity contribution in [1.82, 2.24) is 24.5 Å². The number of aromatic amines is 1. The molecular formula is C19H23N5O. The lowest BCUT2D eigenvalue weighted by atomic mass is 9.99. The van der Waals surface area contributed by atoms with E-state index in [9.17, 15) is 4.79 Å². The molecule has 1 N–H and O–H groups in total. The molecule has 3 aromatic rings. The van der Waals surface area contributed by atoms with Crippen LogP contribution in [-0.4, -0.2) is 37.6 Å². The number of hydrogen-bond donors (Lipinski definition) is 1. The molecule has 3 heterocycles. The van der Waals surface area contributed by atoms with Crippen LogP contribution >= 0.6 is 0 Å². The van der Waals surface area contributed by atoms with Gasteiger partial charge >= 0.3 is 0 Å². The number of H-pyrrole nitrogens is 1. The van der Waals surface area contributed by atoms with Gasteiger partial charge in [0.1, 0.15) is 0 Å². The first kappa shape index (κ1) is 16.0. The maximum absolute atomic E-state index is 12.4. The summed E-state index contributed by atoms with van der Waals surface area (Å²) in [6.07, 6.45) is 2.42. The lowest BCUT2D eigenvalue weighted by Crippen LogP contribution is -2.33. The van der Waals surface area contributed by atoms with E-state index in [1.165, 1.54) is 22.9 Å².